The van der Waals surface area contributed by atoms with E-state index >= 15 is 0 Å². The Morgan fingerprint density at radius 2 is 1.76 bits per heavy atom. The third-order valence-electron chi connectivity index (χ3n) is 7.46. The van der Waals surface area contributed by atoms with Crippen LogP contribution in [0.4, 0.5) is 0 Å². The topological polar surface area (TPSA) is 77.8 Å². The van der Waals surface area contributed by atoms with E-state index in [0.29, 0.717) is 19.4 Å². The molecule has 4 rings (SSSR count). The standard InChI is InChI=1S/C28H33NO4/c30-25(28(17-4-18-28)19-15-21-5-2-1-3-6-21)13-11-24-12-14-26(31)29(24)20-16-22-7-9-23(10-8-22)27(32)33/h1-3,5-11,13,24-25,30H,4,12,14-20H2,(H,32,33)/b13-11+/t24-,25+/m0/s1. The highest BCUT2D eigenvalue weighted by Crippen LogP contribution is 2.48. The lowest BCUT2D eigenvalue weighted by atomic mass is 9.62. The van der Waals surface area contributed by atoms with Gasteiger partial charge in [0.1, 0.15) is 0 Å². The van der Waals surface area contributed by atoms with E-state index in [1.54, 1.807) is 12.1 Å². The summed E-state index contributed by atoms with van der Waals surface area (Å²) in [7, 11) is 0. The van der Waals surface area contributed by atoms with Gasteiger partial charge in [0, 0.05) is 18.4 Å². The van der Waals surface area contributed by atoms with Crippen molar-refractivity contribution in [1.29, 1.82) is 0 Å². The number of carbonyl (C=O) groups is 2. The number of aromatic carboxylic acids is 1. The highest BCUT2D eigenvalue weighted by molar-refractivity contribution is 5.87. The van der Waals surface area contributed by atoms with Crippen LogP contribution < -0.4 is 0 Å². The van der Waals surface area contributed by atoms with Crippen molar-refractivity contribution in [3.05, 3.63) is 83.4 Å². The molecule has 2 aromatic rings. The number of hydrogen-bond donors (Lipinski definition) is 2. The van der Waals surface area contributed by atoms with E-state index in [-0.39, 0.29) is 22.9 Å². The molecule has 5 nitrogen and oxygen atoms in total. The summed E-state index contributed by atoms with van der Waals surface area (Å²) in [6.07, 6.45) is 10.7. The van der Waals surface area contributed by atoms with Crippen LogP contribution in [0.3, 0.4) is 0 Å². The fourth-order valence-corrected chi connectivity index (χ4v) is 5.11. The Bertz CT molecular complexity index is 979. The lowest BCUT2D eigenvalue weighted by molar-refractivity contribution is -0.128. The molecule has 33 heavy (non-hydrogen) atoms. The van der Waals surface area contributed by atoms with E-state index < -0.39 is 12.1 Å². The Morgan fingerprint density at radius 3 is 2.39 bits per heavy atom. The molecule has 0 bridgehead atoms. The number of nitrogens with zero attached hydrogens (tertiary/aromatic N) is 1. The Balaban J connectivity index is 1.34. The number of amides is 1. The second-order valence-corrected chi connectivity index (χ2v) is 9.48. The minimum atomic E-state index is -0.937. The first-order valence-electron chi connectivity index (χ1n) is 12.0. The first kappa shape index (κ1) is 23.2. The van der Waals surface area contributed by atoms with Crippen molar-refractivity contribution in [3.63, 3.8) is 0 Å². The second kappa shape index (κ2) is 10.3. The highest BCUT2D eigenvalue weighted by atomic mass is 16.4. The summed E-state index contributed by atoms with van der Waals surface area (Å²) in [5.41, 5.74) is 2.54. The predicted octanol–water partition coefficient (Wildman–Crippen LogP) is 4.64. The summed E-state index contributed by atoms with van der Waals surface area (Å²) in [6, 6.07) is 17.3. The third-order valence-corrected chi connectivity index (χ3v) is 7.46. The quantitative estimate of drug-likeness (QED) is 0.520. The van der Waals surface area contributed by atoms with E-state index in [9.17, 15) is 14.7 Å². The van der Waals surface area contributed by atoms with Crippen LogP contribution in [0.5, 0.6) is 0 Å². The van der Waals surface area contributed by atoms with Crippen molar-refractivity contribution < 1.29 is 19.8 Å². The molecular formula is C28H33NO4. The maximum atomic E-state index is 12.5. The molecule has 2 N–H and O–H groups in total. The lowest BCUT2D eigenvalue weighted by Crippen LogP contribution is -2.41. The molecular weight excluding hydrogens is 414 g/mol. The van der Waals surface area contributed by atoms with Gasteiger partial charge in [-0.3, -0.25) is 4.79 Å². The number of benzene rings is 2. The maximum Gasteiger partial charge on any atom is 0.335 e. The van der Waals surface area contributed by atoms with Gasteiger partial charge in [-0.2, -0.15) is 0 Å². The molecule has 1 aliphatic heterocycles. The summed E-state index contributed by atoms with van der Waals surface area (Å²) in [4.78, 5) is 25.4. The van der Waals surface area contributed by atoms with E-state index in [4.69, 9.17) is 5.11 Å². The normalized spacial score (nSPS) is 20.7. The van der Waals surface area contributed by atoms with Gasteiger partial charge < -0.3 is 15.1 Å². The molecule has 2 atom stereocenters. The Kier molecular flexibility index (Phi) is 7.29. The lowest BCUT2D eigenvalue weighted by Gasteiger charge is -2.45. The molecule has 2 fully saturated rings. The number of aliphatic hydroxyl groups is 1. The summed E-state index contributed by atoms with van der Waals surface area (Å²) in [5.74, 6) is -0.795. The van der Waals surface area contributed by atoms with Gasteiger partial charge in [-0.1, -0.05) is 61.0 Å². The van der Waals surface area contributed by atoms with Gasteiger partial charge in [0.2, 0.25) is 5.91 Å². The molecule has 174 valence electrons. The Morgan fingerprint density at radius 1 is 1.06 bits per heavy atom. The monoisotopic (exact) mass is 447 g/mol. The molecule has 2 aromatic carbocycles. The van der Waals surface area contributed by atoms with Crippen LogP contribution >= 0.6 is 0 Å². The predicted molar refractivity (Wildman–Crippen MR) is 128 cm³/mol. The first-order chi connectivity index (χ1) is 16.0. The molecule has 0 spiro atoms. The number of aliphatic hydroxyl groups excluding tert-OH is 1. The highest BCUT2D eigenvalue weighted by Gasteiger charge is 2.42. The van der Waals surface area contributed by atoms with Crippen molar-refractivity contribution in [2.45, 2.75) is 63.5 Å². The van der Waals surface area contributed by atoms with Crippen LogP contribution in [0.1, 0.15) is 60.0 Å². The largest absolute Gasteiger partial charge is 0.478 e. The summed E-state index contributed by atoms with van der Waals surface area (Å²) >= 11 is 0. The van der Waals surface area contributed by atoms with Crippen LogP contribution in [0.15, 0.2) is 66.7 Å². The van der Waals surface area contributed by atoms with Gasteiger partial charge in [0.05, 0.1) is 17.7 Å². The number of carbonyl (C=O) groups excluding carboxylic acids is 1. The van der Waals surface area contributed by atoms with Crippen LogP contribution in [-0.2, 0) is 17.6 Å². The zero-order valence-corrected chi connectivity index (χ0v) is 19.0. The molecule has 5 heteroatoms. The number of carboxylic acid groups (broad SMARTS) is 1. The molecule has 2 aliphatic rings. The molecule has 1 saturated carbocycles. The summed E-state index contributed by atoms with van der Waals surface area (Å²) in [5, 5.41) is 20.1. The van der Waals surface area contributed by atoms with Gasteiger partial charge in [-0.25, -0.2) is 4.79 Å². The SMILES string of the molecule is O=C(O)c1ccc(CCN2C(=O)CC[C@@H]2/C=C/[C@@H](O)C2(CCc3ccccc3)CCC2)cc1. The Labute approximate surface area is 195 Å². The Hall–Kier alpha value is -2.92. The number of rotatable bonds is 10. The molecule has 0 radical (unpaired) electrons. The molecule has 1 heterocycles. The van der Waals surface area contributed by atoms with Crippen LogP contribution in [0.2, 0.25) is 0 Å². The molecule has 1 aliphatic carbocycles. The van der Waals surface area contributed by atoms with Crippen molar-refractivity contribution in [2.75, 3.05) is 6.54 Å². The van der Waals surface area contributed by atoms with E-state index in [1.165, 1.54) is 5.56 Å². The van der Waals surface area contributed by atoms with Gasteiger partial charge in [0.25, 0.3) is 0 Å². The molecule has 1 amide bonds. The van der Waals surface area contributed by atoms with E-state index in [2.05, 4.69) is 24.3 Å². The van der Waals surface area contributed by atoms with Gasteiger partial charge in [-0.05, 0) is 61.8 Å². The van der Waals surface area contributed by atoms with E-state index in [1.807, 2.05) is 35.3 Å². The number of carboxylic acids is 1. The van der Waals surface area contributed by atoms with E-state index in [0.717, 1.165) is 44.1 Å². The third kappa shape index (κ3) is 5.53. The summed E-state index contributed by atoms with van der Waals surface area (Å²) in [6.45, 7) is 0.593. The van der Waals surface area contributed by atoms with Crippen LogP contribution in [0, 0.1) is 5.41 Å². The van der Waals surface area contributed by atoms with Crippen molar-refractivity contribution in [3.8, 4) is 0 Å². The van der Waals surface area contributed by atoms with Crippen LogP contribution in [-0.4, -0.2) is 45.7 Å². The van der Waals surface area contributed by atoms with Gasteiger partial charge in [-0.15, -0.1) is 0 Å². The zero-order chi connectivity index (χ0) is 23.3. The summed E-state index contributed by atoms with van der Waals surface area (Å²) < 4.78 is 0. The fraction of sp³-hybridized carbons (Fsp3) is 0.429. The molecule has 1 saturated heterocycles. The number of aryl methyl sites for hydroxylation is 1. The second-order valence-electron chi connectivity index (χ2n) is 9.48. The van der Waals surface area contributed by atoms with Gasteiger partial charge in [0.15, 0.2) is 0 Å². The average molecular weight is 448 g/mol. The fourth-order valence-electron chi connectivity index (χ4n) is 5.11. The zero-order valence-electron chi connectivity index (χ0n) is 19.0. The maximum absolute atomic E-state index is 12.5. The first-order valence-corrected chi connectivity index (χ1v) is 12.0. The number of likely N-dealkylation sites (tertiary alicyclic amines) is 1. The van der Waals surface area contributed by atoms with Crippen molar-refractivity contribution in [2.24, 2.45) is 5.41 Å². The smallest absolute Gasteiger partial charge is 0.335 e. The molecule has 0 aromatic heterocycles. The van der Waals surface area contributed by atoms with Gasteiger partial charge >= 0.3 is 5.97 Å². The molecule has 0 unspecified atom stereocenters. The minimum absolute atomic E-state index is 0.0108. The minimum Gasteiger partial charge on any atom is -0.478 e. The number of hydrogen-bond acceptors (Lipinski definition) is 3. The van der Waals surface area contributed by atoms with Crippen LogP contribution in [0.25, 0.3) is 0 Å². The van der Waals surface area contributed by atoms with Crippen molar-refractivity contribution >= 4 is 11.9 Å². The average Bonchev–Trinajstić information content (AvgIpc) is 3.15. The van der Waals surface area contributed by atoms with Crippen molar-refractivity contribution in [1.82, 2.24) is 4.90 Å².